The Morgan fingerprint density at radius 1 is 1.00 bits per heavy atom. The molecule has 0 aliphatic carbocycles. The van der Waals surface area contributed by atoms with Gasteiger partial charge in [-0.2, -0.15) is 0 Å². The van der Waals surface area contributed by atoms with Crippen LogP contribution in [0.3, 0.4) is 0 Å². The summed E-state index contributed by atoms with van der Waals surface area (Å²) in [5.74, 6) is 2.56. The molecule has 0 spiro atoms. The lowest BCUT2D eigenvalue weighted by Crippen LogP contribution is -2.35. The summed E-state index contributed by atoms with van der Waals surface area (Å²) >= 11 is 0. The van der Waals surface area contributed by atoms with Crippen LogP contribution in [0.2, 0.25) is 0 Å². The lowest BCUT2D eigenvalue weighted by Gasteiger charge is -2.25. The van der Waals surface area contributed by atoms with Gasteiger partial charge in [-0.15, -0.1) is 0 Å². The average molecular weight is 424 g/mol. The molecule has 166 valence electrons. The fraction of sp³-hybridized carbons (Fsp3) is 0.385. The van der Waals surface area contributed by atoms with Crippen LogP contribution in [0, 0.1) is 13.8 Å². The lowest BCUT2D eigenvalue weighted by atomic mass is 10.1. The van der Waals surface area contributed by atoms with E-state index in [0.717, 1.165) is 41.4 Å². The van der Waals surface area contributed by atoms with E-state index in [9.17, 15) is 5.11 Å². The van der Waals surface area contributed by atoms with Crippen molar-refractivity contribution >= 4 is 0 Å². The van der Waals surface area contributed by atoms with Gasteiger partial charge in [0.1, 0.15) is 30.0 Å². The second kappa shape index (κ2) is 11.6. The van der Waals surface area contributed by atoms with Crippen LogP contribution in [0.15, 0.2) is 65.3 Å². The standard InChI is InChI=1S/C26H33NO4/c1-4-13-29-24-10-8-22(9-11-24)16-27(18-25-6-5-14-30-25)17-23(28)19-31-26-12-7-20(2)15-21(26)3/h5-12,14-15,23,28H,4,13,16-19H2,1-3H3. The van der Waals surface area contributed by atoms with Gasteiger partial charge < -0.3 is 19.0 Å². The summed E-state index contributed by atoms with van der Waals surface area (Å²) in [6.07, 6.45) is 2.04. The Labute approximate surface area is 185 Å². The molecule has 0 fully saturated rings. The summed E-state index contributed by atoms with van der Waals surface area (Å²) in [6.45, 7) is 8.90. The number of benzene rings is 2. The Hall–Kier alpha value is -2.76. The quantitative estimate of drug-likeness (QED) is 0.438. The van der Waals surface area contributed by atoms with Crippen molar-refractivity contribution in [3.05, 3.63) is 83.3 Å². The van der Waals surface area contributed by atoms with Crippen molar-refractivity contribution in [3.8, 4) is 11.5 Å². The first-order valence-corrected chi connectivity index (χ1v) is 10.9. The molecular formula is C26H33NO4. The Balaban J connectivity index is 1.60. The Morgan fingerprint density at radius 3 is 2.48 bits per heavy atom. The van der Waals surface area contributed by atoms with E-state index < -0.39 is 6.10 Å². The van der Waals surface area contributed by atoms with Crippen LogP contribution in [-0.4, -0.2) is 35.9 Å². The maximum absolute atomic E-state index is 10.7. The van der Waals surface area contributed by atoms with Crippen molar-refractivity contribution in [2.45, 2.75) is 46.4 Å². The van der Waals surface area contributed by atoms with Crippen LogP contribution < -0.4 is 9.47 Å². The minimum absolute atomic E-state index is 0.238. The number of hydrogen-bond donors (Lipinski definition) is 1. The highest BCUT2D eigenvalue weighted by Crippen LogP contribution is 2.20. The monoisotopic (exact) mass is 423 g/mol. The lowest BCUT2D eigenvalue weighted by molar-refractivity contribution is 0.0602. The zero-order chi connectivity index (χ0) is 22.1. The van der Waals surface area contributed by atoms with Crippen LogP contribution in [0.5, 0.6) is 11.5 Å². The number of aryl methyl sites for hydroxylation is 2. The van der Waals surface area contributed by atoms with E-state index in [1.807, 2.05) is 43.3 Å². The molecule has 1 N–H and O–H groups in total. The molecule has 0 radical (unpaired) electrons. The molecule has 1 unspecified atom stereocenters. The van der Waals surface area contributed by atoms with E-state index in [4.69, 9.17) is 13.9 Å². The second-order valence-corrected chi connectivity index (χ2v) is 7.98. The van der Waals surface area contributed by atoms with E-state index in [0.29, 0.717) is 19.6 Å². The van der Waals surface area contributed by atoms with E-state index in [1.165, 1.54) is 5.56 Å². The van der Waals surface area contributed by atoms with Gasteiger partial charge in [0.2, 0.25) is 0 Å². The molecule has 1 atom stereocenters. The molecule has 0 saturated carbocycles. The molecule has 2 aromatic carbocycles. The van der Waals surface area contributed by atoms with Gasteiger partial charge >= 0.3 is 0 Å². The number of aliphatic hydroxyl groups is 1. The van der Waals surface area contributed by atoms with Crippen molar-refractivity contribution < 1.29 is 19.0 Å². The third-order valence-electron chi connectivity index (χ3n) is 4.99. The fourth-order valence-corrected chi connectivity index (χ4v) is 3.48. The molecule has 1 aromatic heterocycles. The Morgan fingerprint density at radius 2 is 1.81 bits per heavy atom. The zero-order valence-corrected chi connectivity index (χ0v) is 18.7. The predicted molar refractivity (Wildman–Crippen MR) is 122 cm³/mol. The molecule has 0 amide bonds. The van der Waals surface area contributed by atoms with Crippen molar-refractivity contribution in [3.63, 3.8) is 0 Å². The number of ether oxygens (including phenoxy) is 2. The maximum atomic E-state index is 10.7. The molecule has 0 aliphatic rings. The number of aliphatic hydroxyl groups excluding tert-OH is 1. The van der Waals surface area contributed by atoms with Crippen LogP contribution in [0.4, 0.5) is 0 Å². The van der Waals surface area contributed by atoms with Gasteiger partial charge in [-0.25, -0.2) is 0 Å². The van der Waals surface area contributed by atoms with Crippen molar-refractivity contribution in [2.75, 3.05) is 19.8 Å². The van der Waals surface area contributed by atoms with Gasteiger partial charge in [0.15, 0.2) is 0 Å². The molecule has 0 aliphatic heterocycles. The van der Waals surface area contributed by atoms with Gasteiger partial charge in [0.25, 0.3) is 0 Å². The summed E-state index contributed by atoms with van der Waals surface area (Å²) in [5, 5.41) is 10.7. The molecule has 0 bridgehead atoms. The van der Waals surface area contributed by atoms with Gasteiger partial charge in [-0.3, -0.25) is 4.90 Å². The third kappa shape index (κ3) is 7.46. The zero-order valence-electron chi connectivity index (χ0n) is 18.7. The molecule has 3 aromatic rings. The van der Waals surface area contributed by atoms with Crippen LogP contribution in [0.1, 0.15) is 35.8 Å². The largest absolute Gasteiger partial charge is 0.494 e. The van der Waals surface area contributed by atoms with Crippen molar-refractivity contribution in [1.29, 1.82) is 0 Å². The van der Waals surface area contributed by atoms with Gasteiger partial charge in [0, 0.05) is 13.1 Å². The van der Waals surface area contributed by atoms with Crippen LogP contribution in [-0.2, 0) is 13.1 Å². The first kappa shape index (κ1) is 22.9. The van der Waals surface area contributed by atoms with Gasteiger partial charge in [-0.1, -0.05) is 36.8 Å². The molecule has 5 heteroatoms. The van der Waals surface area contributed by atoms with E-state index in [-0.39, 0.29) is 6.61 Å². The average Bonchev–Trinajstić information content (AvgIpc) is 3.25. The molecular weight excluding hydrogens is 390 g/mol. The normalized spacial score (nSPS) is 12.2. The third-order valence-corrected chi connectivity index (χ3v) is 4.99. The number of furan rings is 1. The summed E-state index contributed by atoms with van der Waals surface area (Å²) in [6, 6.07) is 18.0. The minimum atomic E-state index is -0.622. The number of hydrogen-bond acceptors (Lipinski definition) is 5. The van der Waals surface area contributed by atoms with Gasteiger partial charge in [0.05, 0.1) is 19.4 Å². The van der Waals surface area contributed by atoms with Crippen LogP contribution in [0.25, 0.3) is 0 Å². The van der Waals surface area contributed by atoms with Crippen molar-refractivity contribution in [2.24, 2.45) is 0 Å². The van der Waals surface area contributed by atoms with Crippen LogP contribution >= 0.6 is 0 Å². The highest BCUT2D eigenvalue weighted by molar-refractivity contribution is 5.35. The summed E-state index contributed by atoms with van der Waals surface area (Å²) in [4.78, 5) is 2.16. The van der Waals surface area contributed by atoms with Gasteiger partial charge in [-0.05, 0) is 61.7 Å². The molecule has 31 heavy (non-hydrogen) atoms. The summed E-state index contributed by atoms with van der Waals surface area (Å²) < 4.78 is 17.1. The maximum Gasteiger partial charge on any atom is 0.122 e. The second-order valence-electron chi connectivity index (χ2n) is 7.98. The van der Waals surface area contributed by atoms with Crippen molar-refractivity contribution in [1.82, 2.24) is 4.90 Å². The fourth-order valence-electron chi connectivity index (χ4n) is 3.48. The Bertz CT molecular complexity index is 906. The highest BCUT2D eigenvalue weighted by atomic mass is 16.5. The topological polar surface area (TPSA) is 55.1 Å². The molecule has 5 nitrogen and oxygen atoms in total. The molecule has 3 rings (SSSR count). The smallest absolute Gasteiger partial charge is 0.122 e. The van der Waals surface area contributed by atoms with E-state index in [2.05, 4.69) is 36.9 Å². The number of rotatable bonds is 12. The summed E-state index contributed by atoms with van der Waals surface area (Å²) in [5.41, 5.74) is 3.42. The van der Waals surface area contributed by atoms with E-state index in [1.54, 1.807) is 6.26 Å². The SMILES string of the molecule is CCCOc1ccc(CN(Cc2ccco2)CC(O)COc2ccc(C)cc2C)cc1. The number of nitrogens with zero attached hydrogens (tertiary/aromatic N) is 1. The minimum Gasteiger partial charge on any atom is -0.494 e. The first-order valence-electron chi connectivity index (χ1n) is 10.9. The van der Waals surface area contributed by atoms with E-state index >= 15 is 0 Å². The summed E-state index contributed by atoms with van der Waals surface area (Å²) in [7, 11) is 0. The Kier molecular flexibility index (Phi) is 8.56. The predicted octanol–water partition coefficient (Wildman–Crippen LogP) is 5.13. The highest BCUT2D eigenvalue weighted by Gasteiger charge is 2.15. The first-order chi connectivity index (χ1) is 15.0. The molecule has 1 heterocycles. The molecule has 0 saturated heterocycles.